The molecule has 2 aromatic rings. The second-order valence-corrected chi connectivity index (χ2v) is 4.75. The van der Waals surface area contributed by atoms with E-state index in [1.165, 1.54) is 0 Å². The monoisotopic (exact) mass is 315 g/mol. The molecule has 0 spiro atoms. The van der Waals surface area contributed by atoms with E-state index in [0.29, 0.717) is 23.1 Å². The zero-order valence-electron chi connectivity index (χ0n) is 13.1. The Morgan fingerprint density at radius 1 is 0.957 bits per heavy atom. The number of ether oxygens (including phenoxy) is 3. The molecule has 0 radical (unpaired) electrons. The summed E-state index contributed by atoms with van der Waals surface area (Å²) in [7, 11) is 4.74. The average molecular weight is 315 g/mol. The third-order valence-electron chi connectivity index (χ3n) is 3.49. The maximum Gasteiger partial charge on any atom is 0.228 e. The minimum absolute atomic E-state index is 0.479. The zero-order chi connectivity index (χ0) is 16.2. The predicted molar refractivity (Wildman–Crippen MR) is 83.8 cm³/mol. The number of oxime groups is 1. The molecule has 23 heavy (non-hydrogen) atoms. The first kappa shape index (κ1) is 15.0. The number of rotatable bonds is 5. The number of nitrogens with zero attached hydrogens (tertiary/aromatic N) is 2. The number of hydrogen-bond acceptors (Lipinski definition) is 7. The molecule has 1 aliphatic heterocycles. The summed E-state index contributed by atoms with van der Waals surface area (Å²) >= 11 is 0. The van der Waals surface area contributed by atoms with Gasteiger partial charge in [-0.05, 0) is 18.2 Å². The average Bonchev–Trinajstić information content (AvgIpc) is 3.11. The molecule has 7 nitrogen and oxygen atoms in total. The van der Waals surface area contributed by atoms with Crippen molar-refractivity contribution in [2.24, 2.45) is 5.16 Å². The van der Waals surface area contributed by atoms with E-state index in [9.17, 15) is 0 Å². The van der Waals surface area contributed by atoms with Gasteiger partial charge in [0.15, 0.2) is 17.3 Å². The topological polar surface area (TPSA) is 74.2 Å². The molecular formula is C16H17N3O4. The van der Waals surface area contributed by atoms with E-state index in [2.05, 4.69) is 15.5 Å². The Kier molecular flexibility index (Phi) is 4.18. The van der Waals surface area contributed by atoms with Crippen LogP contribution in [0.4, 0.5) is 0 Å². The van der Waals surface area contributed by atoms with Crippen molar-refractivity contribution in [3.63, 3.8) is 0 Å². The van der Waals surface area contributed by atoms with E-state index in [-0.39, 0.29) is 0 Å². The maximum atomic E-state index is 5.50. The van der Waals surface area contributed by atoms with Crippen molar-refractivity contribution in [2.75, 3.05) is 21.3 Å². The highest BCUT2D eigenvalue weighted by atomic mass is 16.7. The first-order chi connectivity index (χ1) is 11.3. The number of aromatic nitrogens is 1. The second-order valence-electron chi connectivity index (χ2n) is 4.75. The van der Waals surface area contributed by atoms with E-state index in [1.54, 1.807) is 45.9 Å². The van der Waals surface area contributed by atoms with Gasteiger partial charge in [-0.15, -0.1) is 0 Å². The lowest BCUT2D eigenvalue weighted by molar-refractivity contribution is 0.0707. The maximum absolute atomic E-state index is 5.50. The van der Waals surface area contributed by atoms with Crippen molar-refractivity contribution in [2.45, 2.75) is 6.23 Å². The van der Waals surface area contributed by atoms with Crippen LogP contribution in [0.3, 0.4) is 0 Å². The van der Waals surface area contributed by atoms with Gasteiger partial charge in [0.05, 0.1) is 26.9 Å². The SMILES string of the molecule is COc1cc(OC)c(C2NC(c3ccncc3)=NO2)cc1OC. The lowest BCUT2D eigenvalue weighted by Crippen LogP contribution is -2.24. The number of amidine groups is 1. The largest absolute Gasteiger partial charge is 0.496 e. The number of methoxy groups -OCH3 is 3. The van der Waals surface area contributed by atoms with Crippen LogP contribution in [0.5, 0.6) is 17.2 Å². The molecule has 120 valence electrons. The summed E-state index contributed by atoms with van der Waals surface area (Å²) in [6.45, 7) is 0. The van der Waals surface area contributed by atoms with E-state index in [0.717, 1.165) is 11.1 Å². The number of hydrogen-bond donors (Lipinski definition) is 1. The van der Waals surface area contributed by atoms with Gasteiger partial charge in [-0.1, -0.05) is 5.16 Å². The van der Waals surface area contributed by atoms with E-state index >= 15 is 0 Å². The van der Waals surface area contributed by atoms with Gasteiger partial charge in [0.1, 0.15) is 5.75 Å². The molecule has 1 atom stereocenters. The summed E-state index contributed by atoms with van der Waals surface area (Å²) in [5.74, 6) is 2.42. The van der Waals surface area contributed by atoms with Crippen LogP contribution in [0.1, 0.15) is 17.4 Å². The normalized spacial score (nSPS) is 16.1. The molecule has 1 aliphatic rings. The van der Waals surface area contributed by atoms with Crippen molar-refractivity contribution < 1.29 is 19.0 Å². The minimum atomic E-state index is -0.479. The molecule has 1 aromatic carbocycles. The molecule has 0 amide bonds. The standard InChI is InChI=1S/C16H17N3O4/c1-20-12-9-14(22-3)13(21-2)8-11(12)16-18-15(19-23-16)10-4-6-17-7-5-10/h4-9,16H,1-3H3,(H,18,19). The Balaban J connectivity index is 1.89. The van der Waals surface area contributed by atoms with Crippen molar-refractivity contribution in [3.05, 3.63) is 47.8 Å². The molecule has 0 fully saturated rings. The fraction of sp³-hybridized carbons (Fsp3) is 0.250. The van der Waals surface area contributed by atoms with Crippen LogP contribution in [0.2, 0.25) is 0 Å². The van der Waals surface area contributed by atoms with Gasteiger partial charge in [-0.25, -0.2) is 0 Å². The Bertz CT molecular complexity index is 719. The molecule has 0 bridgehead atoms. The summed E-state index contributed by atoms with van der Waals surface area (Å²) in [6.07, 6.45) is 2.92. The number of pyridine rings is 1. The summed E-state index contributed by atoms with van der Waals surface area (Å²) < 4.78 is 16.0. The van der Waals surface area contributed by atoms with Crippen LogP contribution in [-0.4, -0.2) is 32.1 Å². The molecule has 1 unspecified atom stereocenters. The Morgan fingerprint density at radius 2 is 1.61 bits per heavy atom. The van der Waals surface area contributed by atoms with Crippen LogP contribution >= 0.6 is 0 Å². The van der Waals surface area contributed by atoms with Gasteiger partial charge in [-0.3, -0.25) is 4.98 Å². The fourth-order valence-electron chi connectivity index (χ4n) is 2.32. The molecule has 1 aromatic heterocycles. The Labute approximate surface area is 133 Å². The summed E-state index contributed by atoms with van der Waals surface area (Å²) in [5.41, 5.74) is 1.65. The highest BCUT2D eigenvalue weighted by Crippen LogP contribution is 2.38. The van der Waals surface area contributed by atoms with Crippen molar-refractivity contribution in [1.29, 1.82) is 0 Å². The van der Waals surface area contributed by atoms with Gasteiger partial charge < -0.3 is 24.4 Å². The van der Waals surface area contributed by atoms with E-state index in [1.807, 2.05) is 12.1 Å². The Hall–Kier alpha value is -2.96. The molecular weight excluding hydrogens is 298 g/mol. The molecule has 1 N–H and O–H groups in total. The lowest BCUT2D eigenvalue weighted by atomic mass is 10.1. The van der Waals surface area contributed by atoms with Crippen LogP contribution in [0.15, 0.2) is 41.8 Å². The minimum Gasteiger partial charge on any atom is -0.496 e. The second kappa shape index (κ2) is 6.43. The molecule has 0 aliphatic carbocycles. The molecule has 2 heterocycles. The quantitative estimate of drug-likeness (QED) is 0.910. The third kappa shape index (κ3) is 2.85. The van der Waals surface area contributed by atoms with Crippen molar-refractivity contribution in [3.8, 4) is 17.2 Å². The molecule has 7 heteroatoms. The summed E-state index contributed by atoms with van der Waals surface area (Å²) in [4.78, 5) is 9.49. The highest BCUT2D eigenvalue weighted by molar-refractivity contribution is 5.99. The number of benzene rings is 1. The summed E-state index contributed by atoms with van der Waals surface area (Å²) in [6, 6.07) is 7.26. The van der Waals surface area contributed by atoms with Crippen molar-refractivity contribution in [1.82, 2.24) is 10.3 Å². The van der Waals surface area contributed by atoms with Crippen LogP contribution in [-0.2, 0) is 4.84 Å². The van der Waals surface area contributed by atoms with Gasteiger partial charge in [-0.2, -0.15) is 0 Å². The van der Waals surface area contributed by atoms with Gasteiger partial charge in [0.2, 0.25) is 6.23 Å². The fourth-order valence-corrected chi connectivity index (χ4v) is 2.32. The highest BCUT2D eigenvalue weighted by Gasteiger charge is 2.27. The van der Waals surface area contributed by atoms with Gasteiger partial charge >= 0.3 is 0 Å². The van der Waals surface area contributed by atoms with Crippen LogP contribution < -0.4 is 19.5 Å². The molecule has 0 saturated heterocycles. The molecule has 3 rings (SSSR count). The van der Waals surface area contributed by atoms with Gasteiger partial charge in [0, 0.05) is 24.0 Å². The van der Waals surface area contributed by atoms with E-state index < -0.39 is 6.23 Å². The Morgan fingerprint density at radius 3 is 2.26 bits per heavy atom. The smallest absolute Gasteiger partial charge is 0.228 e. The third-order valence-corrected chi connectivity index (χ3v) is 3.49. The van der Waals surface area contributed by atoms with Gasteiger partial charge in [0.25, 0.3) is 0 Å². The van der Waals surface area contributed by atoms with Crippen LogP contribution in [0, 0.1) is 0 Å². The predicted octanol–water partition coefficient (Wildman–Crippen LogP) is 2.09. The summed E-state index contributed by atoms with van der Waals surface area (Å²) in [5, 5.41) is 7.30. The molecule has 0 saturated carbocycles. The first-order valence-corrected chi connectivity index (χ1v) is 6.97. The van der Waals surface area contributed by atoms with Crippen molar-refractivity contribution >= 4 is 5.84 Å². The number of nitrogens with one attached hydrogen (secondary N) is 1. The van der Waals surface area contributed by atoms with Crippen LogP contribution in [0.25, 0.3) is 0 Å². The first-order valence-electron chi connectivity index (χ1n) is 6.97. The lowest BCUT2D eigenvalue weighted by Gasteiger charge is -2.17. The zero-order valence-corrected chi connectivity index (χ0v) is 13.1. The van der Waals surface area contributed by atoms with E-state index in [4.69, 9.17) is 19.0 Å².